The van der Waals surface area contributed by atoms with Gasteiger partial charge in [0.2, 0.25) is 5.91 Å². The van der Waals surface area contributed by atoms with Crippen LogP contribution in [0.25, 0.3) is 0 Å². The summed E-state index contributed by atoms with van der Waals surface area (Å²) in [6.45, 7) is 5.22. The van der Waals surface area contributed by atoms with Crippen molar-refractivity contribution in [3.05, 3.63) is 76.6 Å². The molecule has 1 N–H and O–H groups in total. The average Bonchev–Trinajstić information content (AvgIpc) is 3.03. The van der Waals surface area contributed by atoms with E-state index in [0.29, 0.717) is 30.9 Å². The molecule has 30 heavy (non-hydrogen) atoms. The third kappa shape index (κ3) is 5.00. The van der Waals surface area contributed by atoms with Crippen LogP contribution >= 0.6 is 0 Å². The maximum Gasteiger partial charge on any atom is 0.220 e. The standard InChI is InChI=1S/C24H29N3O3/c1-17-21(18(2)27(26-17)16-19-9-6-5-7-10-19)15-25-23(28)14-13-20-11-8-12-22(29-3)24(20)30-4/h5-12H,13-16H2,1-4H3,(H,25,28). The Morgan fingerprint density at radius 1 is 1.03 bits per heavy atom. The van der Waals surface area contributed by atoms with Gasteiger partial charge in [-0.2, -0.15) is 5.10 Å². The number of ether oxygens (including phenoxy) is 2. The highest BCUT2D eigenvalue weighted by atomic mass is 16.5. The van der Waals surface area contributed by atoms with E-state index >= 15 is 0 Å². The summed E-state index contributed by atoms with van der Waals surface area (Å²) in [4.78, 5) is 12.5. The number of aromatic nitrogens is 2. The van der Waals surface area contributed by atoms with E-state index in [9.17, 15) is 4.79 Å². The normalized spacial score (nSPS) is 10.7. The van der Waals surface area contributed by atoms with Crippen molar-refractivity contribution in [3.63, 3.8) is 0 Å². The fourth-order valence-electron chi connectivity index (χ4n) is 3.57. The van der Waals surface area contributed by atoms with Crippen LogP contribution in [0.3, 0.4) is 0 Å². The lowest BCUT2D eigenvalue weighted by Crippen LogP contribution is -2.23. The van der Waals surface area contributed by atoms with Crippen LogP contribution in [0.5, 0.6) is 11.5 Å². The van der Waals surface area contributed by atoms with Crippen molar-refractivity contribution < 1.29 is 14.3 Å². The SMILES string of the molecule is COc1cccc(CCC(=O)NCc2c(C)nn(Cc3ccccc3)c2C)c1OC. The molecule has 6 heteroatoms. The van der Waals surface area contributed by atoms with Crippen LogP contribution in [0.15, 0.2) is 48.5 Å². The molecule has 0 spiro atoms. The molecule has 0 fully saturated rings. The minimum absolute atomic E-state index is 0.00511. The number of amides is 1. The number of carbonyl (C=O) groups excluding carboxylic acids is 1. The zero-order chi connectivity index (χ0) is 21.5. The van der Waals surface area contributed by atoms with E-state index in [2.05, 4.69) is 22.5 Å². The van der Waals surface area contributed by atoms with Gasteiger partial charge in [-0.1, -0.05) is 42.5 Å². The van der Waals surface area contributed by atoms with Crippen LogP contribution in [0, 0.1) is 13.8 Å². The highest BCUT2D eigenvalue weighted by Gasteiger charge is 2.14. The molecule has 3 rings (SSSR count). The zero-order valence-corrected chi connectivity index (χ0v) is 18.1. The van der Waals surface area contributed by atoms with Crippen LogP contribution in [-0.2, 0) is 24.3 Å². The predicted octanol–water partition coefficient (Wildman–Crippen LogP) is 3.81. The number of carbonyl (C=O) groups is 1. The molecule has 1 heterocycles. The van der Waals surface area contributed by atoms with Gasteiger partial charge in [0.25, 0.3) is 0 Å². The van der Waals surface area contributed by atoms with Gasteiger partial charge in [-0.15, -0.1) is 0 Å². The van der Waals surface area contributed by atoms with E-state index in [1.165, 1.54) is 5.56 Å². The monoisotopic (exact) mass is 407 g/mol. The maximum absolute atomic E-state index is 12.5. The second kappa shape index (κ2) is 9.96. The van der Waals surface area contributed by atoms with Gasteiger partial charge in [0.05, 0.1) is 26.5 Å². The van der Waals surface area contributed by atoms with Gasteiger partial charge >= 0.3 is 0 Å². The lowest BCUT2D eigenvalue weighted by molar-refractivity contribution is -0.121. The summed E-state index contributed by atoms with van der Waals surface area (Å²) in [5, 5.41) is 7.68. The summed E-state index contributed by atoms with van der Waals surface area (Å²) < 4.78 is 12.8. The van der Waals surface area contributed by atoms with E-state index in [1.54, 1.807) is 14.2 Å². The van der Waals surface area contributed by atoms with Gasteiger partial charge in [0.1, 0.15) is 0 Å². The number of rotatable bonds is 9. The highest BCUT2D eigenvalue weighted by molar-refractivity contribution is 5.76. The maximum atomic E-state index is 12.5. The molecule has 2 aromatic carbocycles. The Morgan fingerprint density at radius 2 is 1.80 bits per heavy atom. The van der Waals surface area contributed by atoms with E-state index in [0.717, 1.165) is 29.1 Å². The molecule has 6 nitrogen and oxygen atoms in total. The minimum Gasteiger partial charge on any atom is -0.493 e. The number of hydrogen-bond donors (Lipinski definition) is 1. The fraction of sp³-hybridized carbons (Fsp3) is 0.333. The Hall–Kier alpha value is -3.28. The van der Waals surface area contributed by atoms with E-state index in [4.69, 9.17) is 9.47 Å². The minimum atomic E-state index is -0.00511. The third-order valence-electron chi connectivity index (χ3n) is 5.27. The van der Waals surface area contributed by atoms with E-state index < -0.39 is 0 Å². The molecule has 3 aromatic rings. The lowest BCUT2D eigenvalue weighted by atomic mass is 10.1. The van der Waals surface area contributed by atoms with Gasteiger partial charge in [0.15, 0.2) is 11.5 Å². The fourth-order valence-corrected chi connectivity index (χ4v) is 3.57. The van der Waals surface area contributed by atoms with Gasteiger partial charge < -0.3 is 14.8 Å². The molecule has 0 unspecified atom stereocenters. The number of hydrogen-bond acceptors (Lipinski definition) is 4. The van der Waals surface area contributed by atoms with Crippen LogP contribution in [0.1, 0.15) is 34.5 Å². The first-order valence-corrected chi connectivity index (χ1v) is 10.1. The summed E-state index contributed by atoms with van der Waals surface area (Å²) in [6.07, 6.45) is 0.956. The Morgan fingerprint density at radius 3 is 2.50 bits per heavy atom. The van der Waals surface area contributed by atoms with Crippen LogP contribution in [0.2, 0.25) is 0 Å². The van der Waals surface area contributed by atoms with Gasteiger partial charge in [0, 0.05) is 24.2 Å². The first-order chi connectivity index (χ1) is 14.5. The van der Waals surface area contributed by atoms with Crippen molar-refractivity contribution in [2.45, 2.75) is 39.8 Å². The summed E-state index contributed by atoms with van der Waals surface area (Å²) in [7, 11) is 3.22. The Kier molecular flexibility index (Phi) is 7.12. The summed E-state index contributed by atoms with van der Waals surface area (Å²) >= 11 is 0. The van der Waals surface area contributed by atoms with Crippen molar-refractivity contribution in [3.8, 4) is 11.5 Å². The van der Waals surface area contributed by atoms with Crippen molar-refractivity contribution in [2.24, 2.45) is 0 Å². The molecule has 0 radical (unpaired) electrons. The molecule has 0 saturated heterocycles. The Bertz CT molecular complexity index is 996. The third-order valence-corrected chi connectivity index (χ3v) is 5.27. The molecule has 0 aliphatic heterocycles. The summed E-state index contributed by atoms with van der Waals surface area (Å²) in [5.74, 6) is 1.35. The van der Waals surface area contributed by atoms with Crippen molar-refractivity contribution in [1.82, 2.24) is 15.1 Å². The molecule has 1 amide bonds. The number of benzene rings is 2. The van der Waals surface area contributed by atoms with Crippen molar-refractivity contribution >= 4 is 5.91 Å². The zero-order valence-electron chi connectivity index (χ0n) is 18.1. The van der Waals surface area contributed by atoms with Gasteiger partial charge in [-0.25, -0.2) is 0 Å². The quantitative estimate of drug-likeness (QED) is 0.586. The Balaban J connectivity index is 1.59. The van der Waals surface area contributed by atoms with Gasteiger partial charge in [-0.3, -0.25) is 9.48 Å². The first kappa shape index (κ1) is 21.4. The summed E-state index contributed by atoms with van der Waals surface area (Å²) in [6, 6.07) is 15.9. The molecule has 158 valence electrons. The molecule has 0 bridgehead atoms. The smallest absolute Gasteiger partial charge is 0.220 e. The topological polar surface area (TPSA) is 65.4 Å². The lowest BCUT2D eigenvalue weighted by Gasteiger charge is -2.12. The number of methoxy groups -OCH3 is 2. The Labute approximate surface area is 177 Å². The number of aryl methyl sites for hydroxylation is 2. The van der Waals surface area contributed by atoms with Crippen LogP contribution < -0.4 is 14.8 Å². The van der Waals surface area contributed by atoms with E-state index in [1.807, 2.05) is 54.9 Å². The van der Waals surface area contributed by atoms with E-state index in [-0.39, 0.29) is 5.91 Å². The van der Waals surface area contributed by atoms with Crippen LogP contribution in [0.4, 0.5) is 0 Å². The van der Waals surface area contributed by atoms with Crippen molar-refractivity contribution in [2.75, 3.05) is 14.2 Å². The number of para-hydroxylation sites is 1. The molecule has 0 aliphatic rings. The molecule has 0 atom stereocenters. The second-order valence-electron chi connectivity index (χ2n) is 7.22. The van der Waals surface area contributed by atoms with Crippen molar-refractivity contribution in [1.29, 1.82) is 0 Å². The molecule has 0 saturated carbocycles. The predicted molar refractivity (Wildman–Crippen MR) is 117 cm³/mol. The largest absolute Gasteiger partial charge is 0.493 e. The van der Waals surface area contributed by atoms with Gasteiger partial charge in [-0.05, 0) is 37.5 Å². The number of nitrogens with one attached hydrogen (secondary N) is 1. The first-order valence-electron chi connectivity index (χ1n) is 10.1. The molecule has 1 aromatic heterocycles. The average molecular weight is 408 g/mol. The number of nitrogens with zero attached hydrogens (tertiary/aromatic N) is 2. The van der Waals surface area contributed by atoms with Crippen LogP contribution in [-0.4, -0.2) is 29.9 Å². The molecular weight excluding hydrogens is 378 g/mol. The molecular formula is C24H29N3O3. The summed E-state index contributed by atoms with van der Waals surface area (Å²) in [5.41, 5.74) is 5.24. The second-order valence-corrected chi connectivity index (χ2v) is 7.22. The highest BCUT2D eigenvalue weighted by Crippen LogP contribution is 2.31. The molecule has 0 aliphatic carbocycles.